The molecule has 0 spiro atoms. The van der Waals surface area contributed by atoms with Crippen molar-refractivity contribution in [1.82, 2.24) is 0 Å². The molecule has 0 saturated carbocycles. The number of rotatable bonds is 44. The third-order valence-electron chi connectivity index (χ3n) is 18.6. The zero-order valence-electron chi connectivity index (χ0n) is 54.5. The quantitative estimate of drug-likeness (QED) is 0.0320. The standard InChI is InChI=1S/C42H52Br2N4.C36H52Br2O2/c1-3-5-7-9-11-13-15-17-19-21-23-33-35-25-37(43)40(32(29-47)30-48)42(35)34(24-22-20-18-16-14-12-10-8-6-4-2)36-26-38(44)39(41(33)36)31(27-45)28-46;1-3-5-7-9-11-13-15-17-19-21-23-27-29-25-31(37)36(40)34(29)28(30-26-32(38)35(39)33(27)30)24-22-20-18-16-14-12-10-8-6-4-2/h25-26H,3-24H2,1-2H3;25-26H,3-24H2,1-2H3. The molecule has 0 N–H and O–H groups in total. The third-order valence-corrected chi connectivity index (χ3v) is 21.0. The van der Waals surface area contributed by atoms with E-state index in [1.165, 1.54) is 218 Å². The summed E-state index contributed by atoms with van der Waals surface area (Å²) >= 11 is 14.5. The molecule has 4 aromatic carbocycles. The Balaban J connectivity index is 0.000000326. The number of halogens is 4. The molecule has 0 atom stereocenters. The molecule has 6 nitrogen and oxygen atoms in total. The first kappa shape index (κ1) is 74.8. The largest absolute Gasteiger partial charge is 0.288 e. The Morgan fingerprint density at radius 1 is 0.330 bits per heavy atom. The van der Waals surface area contributed by atoms with E-state index in [1.807, 2.05) is 12.1 Å². The van der Waals surface area contributed by atoms with Crippen molar-refractivity contribution in [2.75, 3.05) is 0 Å². The fraction of sp³-hybridized carbons (Fsp3) is 0.615. The highest BCUT2D eigenvalue weighted by atomic mass is 79.9. The second kappa shape index (κ2) is 43.0. The molecular weight excluding hydrogens is 1340 g/mol. The SMILES string of the molecule is CCCCCCCCCCCCc1c2c(c(CCCCCCCCCCCC)c3c1C(=C(C#N)C#N)C(Br)=C3)C(=C(C#N)C#N)C(Br)=C2.CCCCCCCCCCCCc1c2cc(Br)c(=O)c2c(CCCCCCCCCCCC)c2cc(Br)c(=O)c12. The maximum atomic E-state index is 13.3. The van der Waals surface area contributed by atoms with Crippen molar-refractivity contribution in [2.24, 2.45) is 0 Å². The van der Waals surface area contributed by atoms with Crippen molar-refractivity contribution < 1.29 is 0 Å². The summed E-state index contributed by atoms with van der Waals surface area (Å²) in [7, 11) is 0. The van der Waals surface area contributed by atoms with Gasteiger partial charge in [0.25, 0.3) is 0 Å². The maximum Gasteiger partial charge on any atom is 0.200 e. The van der Waals surface area contributed by atoms with Crippen molar-refractivity contribution >= 4 is 109 Å². The second-order valence-corrected chi connectivity index (χ2v) is 28.8. The lowest BCUT2D eigenvalue weighted by atomic mass is 9.81. The Bertz CT molecular complexity index is 3000. The van der Waals surface area contributed by atoms with Gasteiger partial charge in [0.2, 0.25) is 10.9 Å². The van der Waals surface area contributed by atoms with E-state index in [9.17, 15) is 30.6 Å². The molecule has 6 rings (SSSR count). The Hall–Kier alpha value is -3.90. The topological polar surface area (TPSA) is 129 Å². The third kappa shape index (κ3) is 22.2. The molecular formula is C78H104Br4N4O2. The number of allylic oxidation sites excluding steroid dienone is 6. The van der Waals surface area contributed by atoms with E-state index in [2.05, 4.69) is 128 Å². The lowest BCUT2D eigenvalue weighted by molar-refractivity contribution is 0.555. The van der Waals surface area contributed by atoms with Gasteiger partial charge in [-0.15, -0.1) is 0 Å². The van der Waals surface area contributed by atoms with E-state index in [0.717, 1.165) is 139 Å². The Morgan fingerprint density at radius 2 is 0.545 bits per heavy atom. The van der Waals surface area contributed by atoms with Crippen LogP contribution in [-0.2, 0) is 25.7 Å². The Kier molecular flexibility index (Phi) is 36.6. The minimum Gasteiger partial charge on any atom is -0.288 e. The minimum atomic E-state index is 0.0908. The van der Waals surface area contributed by atoms with Gasteiger partial charge in [0.05, 0.1) is 8.95 Å². The molecule has 88 heavy (non-hydrogen) atoms. The van der Waals surface area contributed by atoms with Crippen LogP contribution in [0.25, 0.3) is 44.8 Å². The zero-order valence-corrected chi connectivity index (χ0v) is 60.9. The maximum absolute atomic E-state index is 13.3. The van der Waals surface area contributed by atoms with Gasteiger partial charge < -0.3 is 0 Å². The number of hydrogen-bond donors (Lipinski definition) is 0. The van der Waals surface area contributed by atoms with E-state index in [4.69, 9.17) is 0 Å². The average molecular weight is 1450 g/mol. The lowest BCUT2D eigenvalue weighted by Gasteiger charge is -2.22. The van der Waals surface area contributed by atoms with E-state index in [1.54, 1.807) is 0 Å². The molecule has 0 radical (unpaired) electrons. The van der Waals surface area contributed by atoms with Gasteiger partial charge in [-0.2, -0.15) is 21.0 Å². The van der Waals surface area contributed by atoms with Crippen molar-refractivity contribution in [1.29, 1.82) is 21.0 Å². The second-order valence-electron chi connectivity index (χ2n) is 25.4. The van der Waals surface area contributed by atoms with Crippen LogP contribution < -0.4 is 10.9 Å². The van der Waals surface area contributed by atoms with Crippen LogP contribution >= 0.6 is 63.7 Å². The summed E-state index contributed by atoms with van der Waals surface area (Å²) in [6.07, 6.45) is 58.2. The molecule has 4 aromatic rings. The molecule has 0 heterocycles. The molecule has 0 saturated heterocycles. The molecule has 2 aliphatic carbocycles. The van der Waals surface area contributed by atoms with Gasteiger partial charge >= 0.3 is 0 Å². The van der Waals surface area contributed by atoms with Crippen LogP contribution in [0.4, 0.5) is 0 Å². The number of nitriles is 4. The molecule has 476 valence electrons. The normalized spacial score (nSPS) is 12.4. The van der Waals surface area contributed by atoms with Crippen LogP contribution in [0.15, 0.2) is 50.8 Å². The van der Waals surface area contributed by atoms with Crippen LogP contribution in [0.3, 0.4) is 0 Å². The smallest absolute Gasteiger partial charge is 0.200 e. The monoisotopic (exact) mass is 1440 g/mol. The number of benzene rings is 2. The fourth-order valence-electron chi connectivity index (χ4n) is 13.7. The summed E-state index contributed by atoms with van der Waals surface area (Å²) in [6, 6.07) is 12.6. The van der Waals surface area contributed by atoms with Crippen molar-refractivity contribution in [2.45, 2.75) is 310 Å². The van der Waals surface area contributed by atoms with Crippen molar-refractivity contribution in [3.05, 3.63) is 106 Å². The number of aryl methyl sites for hydroxylation is 2. The summed E-state index contributed by atoms with van der Waals surface area (Å²) in [5.74, 6) is 0. The number of unbranched alkanes of at least 4 members (excludes halogenated alkanes) is 36. The van der Waals surface area contributed by atoms with E-state index >= 15 is 0 Å². The predicted octanol–water partition coefficient (Wildman–Crippen LogP) is 25.8. The summed E-state index contributed by atoms with van der Waals surface area (Å²) < 4.78 is 2.77. The van der Waals surface area contributed by atoms with Gasteiger partial charge in [0.1, 0.15) is 35.4 Å². The number of nitrogens with zero attached hydrogens (tertiary/aromatic N) is 4. The highest BCUT2D eigenvalue weighted by Gasteiger charge is 2.35. The van der Waals surface area contributed by atoms with Crippen molar-refractivity contribution in [3.8, 4) is 24.3 Å². The highest BCUT2D eigenvalue weighted by molar-refractivity contribution is 9.12. The van der Waals surface area contributed by atoms with Crippen LogP contribution in [0, 0.1) is 45.3 Å². The fourth-order valence-corrected chi connectivity index (χ4v) is 15.8. The van der Waals surface area contributed by atoms with Crippen LogP contribution in [0.1, 0.15) is 329 Å². The molecule has 0 amide bonds. The van der Waals surface area contributed by atoms with E-state index in [0.29, 0.717) is 20.1 Å². The average Bonchev–Trinajstić information content (AvgIpc) is 2.44. The molecule has 0 aliphatic heterocycles. The van der Waals surface area contributed by atoms with Gasteiger partial charge in [0, 0.05) is 30.9 Å². The highest BCUT2D eigenvalue weighted by Crippen LogP contribution is 2.53. The molecule has 0 bridgehead atoms. The minimum absolute atomic E-state index is 0.0908. The summed E-state index contributed by atoms with van der Waals surface area (Å²) in [6.45, 7) is 9.04. The Labute approximate surface area is 565 Å². The van der Waals surface area contributed by atoms with Gasteiger partial charge in [-0.1, -0.05) is 291 Å². The zero-order chi connectivity index (χ0) is 63.5. The summed E-state index contributed by atoms with van der Waals surface area (Å²) in [5, 5.41) is 43.7. The van der Waals surface area contributed by atoms with Crippen molar-refractivity contribution in [3.63, 3.8) is 0 Å². The lowest BCUT2D eigenvalue weighted by Crippen LogP contribution is -2.07. The predicted molar refractivity (Wildman–Crippen MR) is 391 cm³/mol. The summed E-state index contributed by atoms with van der Waals surface area (Å²) in [5.41, 5.74) is 10.2. The van der Waals surface area contributed by atoms with Crippen LogP contribution in [-0.4, -0.2) is 0 Å². The Morgan fingerprint density at radius 3 is 0.773 bits per heavy atom. The molecule has 0 unspecified atom stereocenters. The molecule has 2 aliphatic rings. The number of fused-ring (bicyclic) bond motifs is 4. The van der Waals surface area contributed by atoms with Gasteiger partial charge in [-0.05, 0) is 163 Å². The van der Waals surface area contributed by atoms with Gasteiger partial charge in [0.15, 0.2) is 0 Å². The number of hydrogen-bond acceptors (Lipinski definition) is 6. The van der Waals surface area contributed by atoms with Crippen LogP contribution in [0.5, 0.6) is 0 Å². The summed E-state index contributed by atoms with van der Waals surface area (Å²) in [4.78, 5) is 26.6. The molecule has 0 fully saturated rings. The first-order valence-electron chi connectivity index (χ1n) is 35.1. The van der Waals surface area contributed by atoms with E-state index < -0.39 is 0 Å². The van der Waals surface area contributed by atoms with Gasteiger partial charge in [-0.25, -0.2) is 0 Å². The van der Waals surface area contributed by atoms with E-state index in [-0.39, 0.29) is 22.0 Å². The molecule has 10 heteroatoms. The first-order valence-corrected chi connectivity index (χ1v) is 38.3. The molecule has 0 aromatic heterocycles. The first-order chi connectivity index (χ1) is 43.0. The van der Waals surface area contributed by atoms with Gasteiger partial charge in [-0.3, -0.25) is 9.59 Å². The van der Waals surface area contributed by atoms with Crippen LogP contribution in [0.2, 0.25) is 0 Å².